The van der Waals surface area contributed by atoms with E-state index in [9.17, 15) is 23.3 Å². The molecule has 0 unspecified atom stereocenters. The molecule has 0 bridgehead atoms. The van der Waals surface area contributed by atoms with Gasteiger partial charge in [0.15, 0.2) is 0 Å². The van der Waals surface area contributed by atoms with E-state index in [-0.39, 0.29) is 10.6 Å². The number of nitrogens with one attached hydrogen (secondary N) is 1. The molecule has 3 rings (SSSR count). The Hall–Kier alpha value is -4.05. The Morgan fingerprint density at radius 3 is 2.41 bits per heavy atom. The first-order chi connectivity index (χ1) is 16.1. The third kappa shape index (κ3) is 5.65. The average molecular weight is 481 g/mol. The zero-order valence-electron chi connectivity index (χ0n) is 18.9. The minimum atomic E-state index is -4.05. The maximum Gasteiger partial charge on any atom is 0.270 e. The van der Waals surface area contributed by atoms with Crippen LogP contribution in [0.25, 0.3) is 0 Å². The van der Waals surface area contributed by atoms with E-state index >= 15 is 0 Å². The van der Waals surface area contributed by atoms with E-state index in [0.717, 1.165) is 9.87 Å². The molecular formula is C24H24N4O5S. The van der Waals surface area contributed by atoms with Crippen LogP contribution in [0.5, 0.6) is 0 Å². The Bertz CT molecular complexity index is 1350. The Kier molecular flexibility index (Phi) is 7.42. The Morgan fingerprint density at radius 1 is 1.03 bits per heavy atom. The summed E-state index contributed by atoms with van der Waals surface area (Å²) in [5, 5.41) is 15.0. The van der Waals surface area contributed by atoms with Gasteiger partial charge < -0.3 is 0 Å². The normalized spacial score (nSPS) is 11.7. The van der Waals surface area contributed by atoms with Gasteiger partial charge in [0.25, 0.3) is 21.6 Å². The highest BCUT2D eigenvalue weighted by molar-refractivity contribution is 7.92. The third-order valence-electron chi connectivity index (χ3n) is 5.07. The number of rotatable bonds is 8. The number of hydrogen-bond donors (Lipinski definition) is 1. The average Bonchev–Trinajstić information content (AvgIpc) is 2.83. The summed E-state index contributed by atoms with van der Waals surface area (Å²) in [6.45, 7) is 4.68. The number of nitro benzene ring substituents is 1. The predicted molar refractivity (Wildman–Crippen MR) is 130 cm³/mol. The van der Waals surface area contributed by atoms with Crippen molar-refractivity contribution in [2.75, 3.05) is 10.8 Å². The molecule has 176 valence electrons. The summed E-state index contributed by atoms with van der Waals surface area (Å²) in [4.78, 5) is 23.3. The second kappa shape index (κ2) is 10.3. The van der Waals surface area contributed by atoms with Crippen LogP contribution in [0.1, 0.15) is 23.6 Å². The molecule has 0 saturated carbocycles. The van der Waals surface area contributed by atoms with E-state index in [1.807, 2.05) is 13.0 Å². The van der Waals surface area contributed by atoms with Crippen molar-refractivity contribution in [3.63, 3.8) is 0 Å². The lowest BCUT2D eigenvalue weighted by molar-refractivity contribution is -0.384. The molecule has 1 amide bonds. The predicted octanol–water partition coefficient (Wildman–Crippen LogP) is 3.95. The molecule has 9 nitrogen and oxygen atoms in total. The first-order valence-electron chi connectivity index (χ1n) is 10.3. The van der Waals surface area contributed by atoms with Crippen LogP contribution in [0.15, 0.2) is 82.8 Å². The fourth-order valence-electron chi connectivity index (χ4n) is 3.23. The third-order valence-corrected chi connectivity index (χ3v) is 6.85. The van der Waals surface area contributed by atoms with Crippen molar-refractivity contribution in [2.45, 2.75) is 25.7 Å². The zero-order chi connectivity index (χ0) is 24.9. The van der Waals surface area contributed by atoms with E-state index in [4.69, 9.17) is 0 Å². The summed E-state index contributed by atoms with van der Waals surface area (Å²) in [6.07, 6.45) is 0. The maximum atomic E-state index is 13.4. The Labute approximate surface area is 197 Å². The van der Waals surface area contributed by atoms with Gasteiger partial charge >= 0.3 is 0 Å². The maximum absolute atomic E-state index is 13.4. The number of amides is 1. The second-order valence-electron chi connectivity index (χ2n) is 7.65. The minimum absolute atomic E-state index is 0.0555. The topological polar surface area (TPSA) is 122 Å². The molecule has 0 heterocycles. The summed E-state index contributed by atoms with van der Waals surface area (Å²) < 4.78 is 27.9. The van der Waals surface area contributed by atoms with Crippen LogP contribution in [0.2, 0.25) is 0 Å². The number of aryl methyl sites for hydroxylation is 2. The first kappa shape index (κ1) is 24.6. The molecule has 0 fully saturated rings. The number of anilines is 1. The zero-order valence-corrected chi connectivity index (χ0v) is 19.7. The molecule has 3 aromatic carbocycles. The molecule has 0 aromatic heterocycles. The van der Waals surface area contributed by atoms with Gasteiger partial charge in [-0.25, -0.2) is 13.8 Å². The second-order valence-corrected chi connectivity index (χ2v) is 9.52. The van der Waals surface area contributed by atoms with Crippen LogP contribution in [0, 0.1) is 24.0 Å². The van der Waals surface area contributed by atoms with Crippen molar-refractivity contribution in [3.05, 3.63) is 99.6 Å². The molecule has 1 N–H and O–H groups in total. The van der Waals surface area contributed by atoms with E-state index < -0.39 is 27.4 Å². The van der Waals surface area contributed by atoms with Crippen LogP contribution < -0.4 is 9.73 Å². The fraction of sp³-hybridized carbons (Fsp3) is 0.167. The highest BCUT2D eigenvalue weighted by atomic mass is 32.2. The quantitative estimate of drug-likeness (QED) is 0.297. The van der Waals surface area contributed by atoms with Crippen LogP contribution in [-0.4, -0.2) is 31.5 Å². The van der Waals surface area contributed by atoms with Gasteiger partial charge in [0, 0.05) is 17.7 Å². The molecule has 0 spiro atoms. The largest absolute Gasteiger partial charge is 0.271 e. The minimum Gasteiger partial charge on any atom is -0.271 e. The molecule has 0 aliphatic heterocycles. The molecule has 10 heteroatoms. The Balaban J connectivity index is 1.90. The van der Waals surface area contributed by atoms with Crippen LogP contribution in [0.4, 0.5) is 11.4 Å². The number of hydrogen-bond acceptors (Lipinski definition) is 6. The van der Waals surface area contributed by atoms with Crippen LogP contribution >= 0.6 is 0 Å². The van der Waals surface area contributed by atoms with Crippen molar-refractivity contribution in [2.24, 2.45) is 5.10 Å². The van der Waals surface area contributed by atoms with Gasteiger partial charge in [-0.3, -0.25) is 19.2 Å². The molecule has 0 aliphatic carbocycles. The summed E-state index contributed by atoms with van der Waals surface area (Å²) >= 11 is 0. The van der Waals surface area contributed by atoms with E-state index in [1.54, 1.807) is 50.2 Å². The highest BCUT2D eigenvalue weighted by Gasteiger charge is 2.28. The Morgan fingerprint density at radius 2 is 1.74 bits per heavy atom. The number of nitro groups is 1. The monoisotopic (exact) mass is 480 g/mol. The molecule has 0 aliphatic rings. The number of non-ortho nitro benzene ring substituents is 1. The summed E-state index contributed by atoms with van der Waals surface area (Å²) in [5.74, 6) is -0.662. The molecule has 34 heavy (non-hydrogen) atoms. The van der Waals surface area contributed by atoms with Crippen molar-refractivity contribution in [1.82, 2.24) is 5.43 Å². The van der Waals surface area contributed by atoms with Gasteiger partial charge in [0.05, 0.1) is 21.2 Å². The molecule has 0 atom stereocenters. The molecular weight excluding hydrogens is 456 g/mol. The highest BCUT2D eigenvalue weighted by Crippen LogP contribution is 2.27. The van der Waals surface area contributed by atoms with E-state index in [2.05, 4.69) is 10.5 Å². The first-order valence-corrected chi connectivity index (χ1v) is 11.8. The molecule has 3 aromatic rings. The van der Waals surface area contributed by atoms with Crippen molar-refractivity contribution >= 4 is 33.0 Å². The number of carbonyl (C=O) groups excluding carboxylic acids is 1. The summed E-state index contributed by atoms with van der Waals surface area (Å²) in [5.41, 5.74) is 4.97. The van der Waals surface area contributed by atoms with Crippen molar-refractivity contribution < 1.29 is 18.1 Å². The van der Waals surface area contributed by atoms with Crippen molar-refractivity contribution in [1.29, 1.82) is 0 Å². The van der Waals surface area contributed by atoms with E-state index in [1.165, 1.54) is 30.3 Å². The lowest BCUT2D eigenvalue weighted by Gasteiger charge is -2.25. The van der Waals surface area contributed by atoms with Gasteiger partial charge in [-0.05, 0) is 50.1 Å². The number of benzene rings is 3. The van der Waals surface area contributed by atoms with Gasteiger partial charge in [-0.2, -0.15) is 5.10 Å². The lowest BCUT2D eigenvalue weighted by atomic mass is 10.1. The number of carbonyl (C=O) groups is 1. The van der Waals surface area contributed by atoms with Gasteiger partial charge in [-0.1, -0.05) is 42.5 Å². The fourth-order valence-corrected chi connectivity index (χ4v) is 4.73. The lowest BCUT2D eigenvalue weighted by Crippen LogP contribution is -2.40. The molecule has 0 saturated heterocycles. The number of sulfonamides is 1. The summed E-state index contributed by atoms with van der Waals surface area (Å²) in [7, 11) is -4.05. The van der Waals surface area contributed by atoms with Crippen LogP contribution in [0.3, 0.4) is 0 Å². The summed E-state index contributed by atoms with van der Waals surface area (Å²) in [6, 6.07) is 19.1. The number of nitrogens with zero attached hydrogens (tertiary/aromatic N) is 3. The van der Waals surface area contributed by atoms with Gasteiger partial charge in [-0.15, -0.1) is 0 Å². The SMILES string of the molecule is C/C(=N/NC(=O)CN(c1cc(C)ccc1C)S(=O)(=O)c1ccccc1)c1cccc([N+](=O)[O-])c1. The van der Waals surface area contributed by atoms with Gasteiger partial charge in [0.2, 0.25) is 0 Å². The standard InChI is InChI=1S/C24H24N4O5S/c1-17-12-13-18(2)23(14-17)27(34(32,33)22-10-5-4-6-11-22)16-24(29)26-25-19(3)20-8-7-9-21(15-20)28(30)31/h4-15H,16H2,1-3H3,(H,26,29)/b25-19-. The smallest absolute Gasteiger partial charge is 0.270 e. The van der Waals surface area contributed by atoms with Gasteiger partial charge in [0.1, 0.15) is 6.54 Å². The molecule has 0 radical (unpaired) electrons. The number of hydrazone groups is 1. The van der Waals surface area contributed by atoms with E-state index in [0.29, 0.717) is 22.5 Å². The van der Waals surface area contributed by atoms with Crippen molar-refractivity contribution in [3.8, 4) is 0 Å². The van der Waals surface area contributed by atoms with Crippen LogP contribution in [-0.2, 0) is 14.8 Å².